The number of hydrogen-bond acceptors (Lipinski definition) is 2. The Labute approximate surface area is 251 Å². The Morgan fingerprint density at radius 2 is 1.09 bits per heavy atom. The highest BCUT2D eigenvalue weighted by atomic mass is 15.0. The summed E-state index contributed by atoms with van der Waals surface area (Å²) in [5.41, 5.74) is 11.3. The van der Waals surface area contributed by atoms with Gasteiger partial charge < -0.3 is 4.57 Å². The van der Waals surface area contributed by atoms with Crippen LogP contribution in [0.1, 0.15) is 24.1 Å². The molecule has 5 aromatic carbocycles. The largest absolute Gasteiger partial charge is 0.309 e. The van der Waals surface area contributed by atoms with Gasteiger partial charge >= 0.3 is 0 Å². The molecule has 43 heavy (non-hydrogen) atoms. The van der Waals surface area contributed by atoms with Gasteiger partial charge in [-0.1, -0.05) is 115 Å². The summed E-state index contributed by atoms with van der Waals surface area (Å²) in [5.74, 6) is 0.754. The van der Waals surface area contributed by atoms with Crippen molar-refractivity contribution in [3.8, 4) is 28.3 Å². The smallest absolute Gasteiger partial charge is 0.160 e. The molecule has 0 unspecified atom stereocenters. The van der Waals surface area contributed by atoms with E-state index in [1.54, 1.807) is 0 Å². The second kappa shape index (κ2) is 10.7. The lowest BCUT2D eigenvalue weighted by atomic mass is 9.92. The van der Waals surface area contributed by atoms with Crippen LogP contribution in [0, 0.1) is 0 Å². The number of allylic oxidation sites excluding steroid dienone is 4. The fraction of sp³-hybridized carbons (Fsp3) is 0.0500. The van der Waals surface area contributed by atoms with Crippen LogP contribution in [0.15, 0.2) is 152 Å². The van der Waals surface area contributed by atoms with Crippen LogP contribution in [-0.4, -0.2) is 14.5 Å². The second-order valence-corrected chi connectivity index (χ2v) is 11.0. The second-order valence-electron chi connectivity index (χ2n) is 11.0. The number of para-hydroxylation sites is 2. The molecule has 0 saturated carbocycles. The highest BCUT2D eigenvalue weighted by Crippen LogP contribution is 2.35. The Bertz CT molecular complexity index is 2040. The van der Waals surface area contributed by atoms with Crippen molar-refractivity contribution < 1.29 is 0 Å². The van der Waals surface area contributed by atoms with E-state index >= 15 is 0 Å². The van der Waals surface area contributed by atoms with E-state index < -0.39 is 0 Å². The minimum atomic E-state index is 0.754. The van der Waals surface area contributed by atoms with Gasteiger partial charge in [-0.25, -0.2) is 9.97 Å². The molecule has 0 fully saturated rings. The molecule has 0 radical (unpaired) electrons. The molecule has 0 N–H and O–H groups in total. The molecule has 0 bridgehead atoms. The lowest BCUT2D eigenvalue weighted by molar-refractivity contribution is 1.03. The lowest BCUT2D eigenvalue weighted by Crippen LogP contribution is -2.01. The molecule has 2 heterocycles. The third kappa shape index (κ3) is 4.65. The fourth-order valence-corrected chi connectivity index (χ4v) is 6.19. The number of nitrogens with zero attached hydrogens (tertiary/aromatic N) is 3. The minimum absolute atomic E-state index is 0.754. The molecule has 204 valence electrons. The lowest BCUT2D eigenvalue weighted by Gasteiger charge is -2.16. The number of rotatable bonds is 5. The van der Waals surface area contributed by atoms with Crippen LogP contribution in [0.3, 0.4) is 0 Å². The Morgan fingerprint density at radius 3 is 1.77 bits per heavy atom. The molecule has 0 aliphatic heterocycles. The van der Waals surface area contributed by atoms with Gasteiger partial charge in [0.15, 0.2) is 5.82 Å². The van der Waals surface area contributed by atoms with Gasteiger partial charge in [0.1, 0.15) is 0 Å². The molecule has 2 aromatic heterocycles. The van der Waals surface area contributed by atoms with Gasteiger partial charge in [-0.2, -0.15) is 0 Å². The van der Waals surface area contributed by atoms with E-state index in [0.717, 1.165) is 46.9 Å². The van der Waals surface area contributed by atoms with E-state index in [1.165, 1.54) is 38.5 Å². The van der Waals surface area contributed by atoms with Crippen molar-refractivity contribution in [2.75, 3.05) is 0 Å². The molecule has 7 aromatic rings. The summed E-state index contributed by atoms with van der Waals surface area (Å²) in [7, 11) is 0. The van der Waals surface area contributed by atoms with Crippen molar-refractivity contribution in [3.05, 3.63) is 163 Å². The van der Waals surface area contributed by atoms with Crippen molar-refractivity contribution in [2.45, 2.75) is 12.8 Å². The molecule has 3 nitrogen and oxygen atoms in total. The number of fused-ring (bicyclic) bond motifs is 3. The third-order valence-corrected chi connectivity index (χ3v) is 8.30. The normalized spacial score (nSPS) is 13.2. The van der Waals surface area contributed by atoms with Crippen molar-refractivity contribution in [1.29, 1.82) is 0 Å². The summed E-state index contributed by atoms with van der Waals surface area (Å²) in [6.45, 7) is 0. The average Bonchev–Trinajstić information content (AvgIpc) is 3.43. The standard InChI is InChI=1S/C40H29N3/c1-3-12-29(13-4-1)36-27-37(42-40(41-36)30-14-5-2-6-15-30)32-17-11-16-31(26-32)28-22-24-33(25-23-28)43-38-20-9-7-18-34(38)35-19-8-10-21-39(35)43/h1-10,12-16,18-27H,11,17H2. The highest BCUT2D eigenvalue weighted by molar-refractivity contribution is 6.09. The first-order valence-corrected chi connectivity index (χ1v) is 14.8. The maximum atomic E-state index is 5.08. The summed E-state index contributed by atoms with van der Waals surface area (Å²) >= 11 is 0. The monoisotopic (exact) mass is 551 g/mol. The average molecular weight is 552 g/mol. The van der Waals surface area contributed by atoms with Gasteiger partial charge in [0.05, 0.1) is 22.4 Å². The molecule has 0 atom stereocenters. The van der Waals surface area contributed by atoms with Crippen molar-refractivity contribution >= 4 is 33.0 Å². The first-order valence-electron chi connectivity index (χ1n) is 14.8. The van der Waals surface area contributed by atoms with Crippen molar-refractivity contribution in [2.24, 2.45) is 0 Å². The maximum absolute atomic E-state index is 5.08. The molecular weight excluding hydrogens is 522 g/mol. The van der Waals surface area contributed by atoms with Gasteiger partial charge in [-0.3, -0.25) is 0 Å². The first kappa shape index (κ1) is 25.2. The van der Waals surface area contributed by atoms with Gasteiger partial charge in [-0.15, -0.1) is 0 Å². The van der Waals surface area contributed by atoms with Crippen LogP contribution in [0.25, 0.3) is 61.3 Å². The molecule has 1 aliphatic rings. The SMILES string of the molecule is C1=C(c2ccc(-n3c4ccccc4c4ccccc43)cc2)C=C(c2cc(-c3ccccc3)nc(-c3ccccc3)n2)CC1. The van der Waals surface area contributed by atoms with Gasteiger partial charge in [0.2, 0.25) is 0 Å². The first-order chi connectivity index (χ1) is 21.3. The topological polar surface area (TPSA) is 30.7 Å². The number of aromatic nitrogens is 3. The summed E-state index contributed by atoms with van der Waals surface area (Å²) in [6.07, 6.45) is 6.57. The maximum Gasteiger partial charge on any atom is 0.160 e. The Balaban J connectivity index is 1.17. The summed E-state index contributed by atoms with van der Waals surface area (Å²) < 4.78 is 2.36. The molecule has 0 spiro atoms. The molecular formula is C40H29N3. The van der Waals surface area contributed by atoms with Gasteiger partial charge in [0.25, 0.3) is 0 Å². The molecule has 3 heteroatoms. The Hall–Kier alpha value is -5.54. The molecule has 1 aliphatic carbocycles. The zero-order valence-electron chi connectivity index (χ0n) is 23.7. The molecule has 8 rings (SSSR count). The Morgan fingerprint density at radius 1 is 0.512 bits per heavy atom. The third-order valence-electron chi connectivity index (χ3n) is 8.30. The summed E-state index contributed by atoms with van der Waals surface area (Å²) in [4.78, 5) is 10.0. The van der Waals surface area contributed by atoms with Crippen molar-refractivity contribution in [3.63, 3.8) is 0 Å². The van der Waals surface area contributed by atoms with Crippen LogP contribution in [0.4, 0.5) is 0 Å². The van der Waals surface area contributed by atoms with Crippen LogP contribution in [-0.2, 0) is 0 Å². The fourth-order valence-electron chi connectivity index (χ4n) is 6.19. The predicted octanol–water partition coefficient (Wildman–Crippen LogP) is 10.2. The number of benzene rings is 5. The summed E-state index contributed by atoms with van der Waals surface area (Å²) in [5, 5.41) is 2.55. The minimum Gasteiger partial charge on any atom is -0.309 e. The van der Waals surface area contributed by atoms with E-state index in [9.17, 15) is 0 Å². The van der Waals surface area contributed by atoms with E-state index in [-0.39, 0.29) is 0 Å². The Kier molecular flexibility index (Phi) is 6.27. The zero-order valence-corrected chi connectivity index (χ0v) is 23.7. The van der Waals surface area contributed by atoms with E-state index in [1.807, 2.05) is 24.3 Å². The van der Waals surface area contributed by atoms with Gasteiger partial charge in [0, 0.05) is 27.6 Å². The van der Waals surface area contributed by atoms with E-state index in [0.29, 0.717) is 0 Å². The van der Waals surface area contributed by atoms with Crippen LogP contribution in [0.2, 0.25) is 0 Å². The van der Waals surface area contributed by atoms with Crippen LogP contribution in [0.5, 0.6) is 0 Å². The van der Waals surface area contributed by atoms with Crippen molar-refractivity contribution in [1.82, 2.24) is 14.5 Å². The quantitative estimate of drug-likeness (QED) is 0.213. The molecule has 0 amide bonds. The van der Waals surface area contributed by atoms with E-state index in [4.69, 9.17) is 9.97 Å². The highest BCUT2D eigenvalue weighted by Gasteiger charge is 2.16. The molecule has 0 saturated heterocycles. The van der Waals surface area contributed by atoms with E-state index in [2.05, 4.69) is 132 Å². The van der Waals surface area contributed by atoms with Crippen LogP contribution < -0.4 is 0 Å². The predicted molar refractivity (Wildman–Crippen MR) is 179 cm³/mol. The number of hydrogen-bond donors (Lipinski definition) is 0. The zero-order chi connectivity index (χ0) is 28.6. The summed E-state index contributed by atoms with van der Waals surface area (Å²) in [6, 6.07) is 49.0. The van der Waals surface area contributed by atoms with Crippen LogP contribution >= 0.6 is 0 Å². The van der Waals surface area contributed by atoms with Gasteiger partial charge in [-0.05, 0) is 66.0 Å².